The number of hydrogen-bond acceptors (Lipinski definition) is 4. The Bertz CT molecular complexity index is 853. The average Bonchev–Trinajstić information content (AvgIpc) is 3.06. The molecule has 0 saturated heterocycles. The number of methoxy groups -OCH3 is 1. The first kappa shape index (κ1) is 16.9. The number of nitrogens with one attached hydrogen (secondary N) is 2. The third-order valence-corrected chi connectivity index (χ3v) is 3.90. The zero-order valence-corrected chi connectivity index (χ0v) is 14.1. The highest BCUT2D eigenvalue weighted by molar-refractivity contribution is 5.91. The van der Waals surface area contributed by atoms with Crippen LogP contribution in [-0.4, -0.2) is 24.8 Å². The van der Waals surface area contributed by atoms with Gasteiger partial charge in [-0.25, -0.2) is 4.79 Å². The van der Waals surface area contributed by atoms with Crippen molar-refractivity contribution in [1.82, 2.24) is 5.32 Å². The van der Waals surface area contributed by atoms with Gasteiger partial charge in [0.05, 0.1) is 19.3 Å². The predicted octanol–water partition coefficient (Wildman–Crippen LogP) is 3.47. The number of carbonyl (C=O) groups is 1. The van der Waals surface area contributed by atoms with Crippen LogP contribution < -0.4 is 15.4 Å². The molecular weight excluding hydrogens is 320 g/mol. The Kier molecular flexibility index (Phi) is 4.63. The Morgan fingerprint density at radius 2 is 1.92 bits per heavy atom. The highest BCUT2D eigenvalue weighted by Crippen LogP contribution is 2.27. The van der Waals surface area contributed by atoms with Crippen LogP contribution in [0.1, 0.15) is 12.7 Å². The zero-order chi connectivity index (χ0) is 17.9. The lowest BCUT2D eigenvalue weighted by molar-refractivity contribution is 0.0388. The van der Waals surface area contributed by atoms with Crippen LogP contribution in [0.25, 0.3) is 11.0 Å². The van der Waals surface area contributed by atoms with Gasteiger partial charge < -0.3 is 24.9 Å². The molecule has 0 saturated carbocycles. The van der Waals surface area contributed by atoms with Crippen molar-refractivity contribution < 1.29 is 19.1 Å². The minimum atomic E-state index is -1.34. The van der Waals surface area contributed by atoms with Crippen LogP contribution in [0.3, 0.4) is 0 Å². The number of anilines is 1. The number of ether oxygens (including phenoxy) is 1. The number of amides is 2. The fourth-order valence-electron chi connectivity index (χ4n) is 2.50. The molecule has 2 amide bonds. The van der Waals surface area contributed by atoms with Crippen molar-refractivity contribution in [2.75, 3.05) is 19.0 Å². The highest BCUT2D eigenvalue weighted by atomic mass is 16.5. The van der Waals surface area contributed by atoms with Gasteiger partial charge in [-0.05, 0) is 31.2 Å². The molecule has 0 aliphatic heterocycles. The van der Waals surface area contributed by atoms with Gasteiger partial charge in [0.15, 0.2) is 0 Å². The number of furan rings is 1. The molecule has 0 spiro atoms. The smallest absolute Gasteiger partial charge is 0.319 e. The maximum atomic E-state index is 12.1. The number of hydrogen-bond donors (Lipinski definition) is 3. The minimum Gasteiger partial charge on any atom is -0.495 e. The van der Waals surface area contributed by atoms with Gasteiger partial charge in [0, 0.05) is 5.39 Å². The van der Waals surface area contributed by atoms with E-state index in [1.54, 1.807) is 31.2 Å². The van der Waals surface area contributed by atoms with Crippen molar-refractivity contribution in [1.29, 1.82) is 0 Å². The summed E-state index contributed by atoms with van der Waals surface area (Å²) in [5.74, 6) is 0.952. The van der Waals surface area contributed by atoms with E-state index in [4.69, 9.17) is 9.15 Å². The van der Waals surface area contributed by atoms with Gasteiger partial charge in [-0.2, -0.15) is 0 Å². The Labute approximate surface area is 145 Å². The van der Waals surface area contributed by atoms with Gasteiger partial charge in [-0.15, -0.1) is 0 Å². The molecule has 3 aromatic rings. The number of urea groups is 1. The maximum Gasteiger partial charge on any atom is 0.319 e. The van der Waals surface area contributed by atoms with E-state index in [0.29, 0.717) is 22.8 Å². The first-order chi connectivity index (χ1) is 12.0. The lowest BCUT2D eigenvalue weighted by Gasteiger charge is -2.21. The Morgan fingerprint density at radius 3 is 2.68 bits per heavy atom. The molecule has 1 heterocycles. The number of aliphatic hydroxyl groups is 1. The Morgan fingerprint density at radius 1 is 1.20 bits per heavy atom. The van der Waals surface area contributed by atoms with Gasteiger partial charge in [-0.1, -0.05) is 30.3 Å². The third kappa shape index (κ3) is 3.75. The lowest BCUT2D eigenvalue weighted by Crippen LogP contribution is -2.40. The molecule has 1 atom stereocenters. The molecule has 130 valence electrons. The quantitative estimate of drug-likeness (QED) is 0.664. The van der Waals surface area contributed by atoms with Crippen LogP contribution in [0.5, 0.6) is 5.75 Å². The summed E-state index contributed by atoms with van der Waals surface area (Å²) < 4.78 is 10.9. The summed E-state index contributed by atoms with van der Waals surface area (Å²) in [5, 5.41) is 16.9. The molecular formula is C19H20N2O4. The first-order valence-corrected chi connectivity index (χ1v) is 7.89. The summed E-state index contributed by atoms with van der Waals surface area (Å²) in [4.78, 5) is 12.1. The fourth-order valence-corrected chi connectivity index (χ4v) is 2.50. The molecule has 3 N–H and O–H groups in total. The van der Waals surface area contributed by atoms with Crippen molar-refractivity contribution in [2.45, 2.75) is 12.5 Å². The monoisotopic (exact) mass is 340 g/mol. The van der Waals surface area contributed by atoms with Crippen molar-refractivity contribution in [2.24, 2.45) is 0 Å². The minimum absolute atomic E-state index is 0.00615. The van der Waals surface area contributed by atoms with Crippen molar-refractivity contribution >= 4 is 22.7 Å². The number of benzene rings is 2. The normalized spacial score (nSPS) is 13.2. The molecule has 6 heteroatoms. The summed E-state index contributed by atoms with van der Waals surface area (Å²) in [5.41, 5.74) is -0.0981. The van der Waals surface area contributed by atoms with Crippen LogP contribution in [0.15, 0.2) is 59.0 Å². The molecule has 0 bridgehead atoms. The van der Waals surface area contributed by atoms with Gasteiger partial charge in [0.25, 0.3) is 0 Å². The van der Waals surface area contributed by atoms with Gasteiger partial charge in [0.1, 0.15) is 22.7 Å². The molecule has 0 fully saturated rings. The summed E-state index contributed by atoms with van der Waals surface area (Å²) in [6.07, 6.45) is 0. The van der Waals surface area contributed by atoms with E-state index in [-0.39, 0.29) is 6.54 Å². The second-order valence-electron chi connectivity index (χ2n) is 5.93. The third-order valence-electron chi connectivity index (χ3n) is 3.90. The van der Waals surface area contributed by atoms with Crippen LogP contribution in [0.2, 0.25) is 0 Å². The van der Waals surface area contributed by atoms with Crippen LogP contribution in [0, 0.1) is 0 Å². The molecule has 25 heavy (non-hydrogen) atoms. The van der Waals surface area contributed by atoms with E-state index in [2.05, 4.69) is 10.6 Å². The van der Waals surface area contributed by atoms with Crippen LogP contribution in [0.4, 0.5) is 10.5 Å². The number of rotatable bonds is 5. The summed E-state index contributed by atoms with van der Waals surface area (Å²) in [6, 6.07) is 15.9. The van der Waals surface area contributed by atoms with Crippen molar-refractivity contribution in [3.8, 4) is 5.75 Å². The topological polar surface area (TPSA) is 83.7 Å². The maximum absolute atomic E-state index is 12.1. The van der Waals surface area contributed by atoms with E-state index < -0.39 is 11.6 Å². The van der Waals surface area contributed by atoms with E-state index in [1.807, 2.05) is 30.3 Å². The van der Waals surface area contributed by atoms with Gasteiger partial charge in [0.2, 0.25) is 0 Å². The predicted molar refractivity (Wildman–Crippen MR) is 95.8 cm³/mol. The molecule has 0 radical (unpaired) electrons. The van der Waals surface area contributed by atoms with E-state index in [0.717, 1.165) is 5.39 Å². The number of fused-ring (bicyclic) bond motifs is 1. The molecule has 0 unspecified atom stereocenters. The second-order valence-corrected chi connectivity index (χ2v) is 5.93. The molecule has 0 aliphatic rings. The van der Waals surface area contributed by atoms with E-state index in [1.165, 1.54) is 7.11 Å². The highest BCUT2D eigenvalue weighted by Gasteiger charge is 2.28. The molecule has 3 rings (SSSR count). The van der Waals surface area contributed by atoms with Crippen LogP contribution >= 0.6 is 0 Å². The molecule has 1 aromatic heterocycles. The fraction of sp³-hybridized carbons (Fsp3) is 0.211. The van der Waals surface area contributed by atoms with E-state index in [9.17, 15) is 9.90 Å². The van der Waals surface area contributed by atoms with Gasteiger partial charge in [-0.3, -0.25) is 0 Å². The Hall–Kier alpha value is -2.99. The largest absolute Gasteiger partial charge is 0.495 e. The van der Waals surface area contributed by atoms with Crippen molar-refractivity contribution in [3.05, 3.63) is 60.4 Å². The van der Waals surface area contributed by atoms with E-state index >= 15 is 0 Å². The second kappa shape index (κ2) is 6.86. The summed E-state index contributed by atoms with van der Waals surface area (Å²) in [7, 11) is 1.53. The molecule has 2 aromatic carbocycles. The first-order valence-electron chi connectivity index (χ1n) is 7.89. The average molecular weight is 340 g/mol. The number of para-hydroxylation sites is 3. The Balaban J connectivity index is 1.66. The summed E-state index contributed by atoms with van der Waals surface area (Å²) >= 11 is 0. The van der Waals surface area contributed by atoms with Gasteiger partial charge >= 0.3 is 6.03 Å². The standard InChI is InChI=1S/C19H20N2O4/c1-19(23,17-11-13-7-3-5-9-15(13)25-17)12-20-18(22)21-14-8-4-6-10-16(14)24-2/h3-11,23H,12H2,1-2H3,(H2,20,21,22)/t19-/m1/s1. The summed E-state index contributed by atoms with van der Waals surface area (Å²) in [6.45, 7) is 1.59. The molecule has 6 nitrogen and oxygen atoms in total. The van der Waals surface area contributed by atoms with Crippen LogP contribution in [-0.2, 0) is 5.60 Å². The SMILES string of the molecule is COc1ccccc1NC(=O)NC[C@@](C)(O)c1cc2ccccc2o1. The lowest BCUT2D eigenvalue weighted by atomic mass is 10.0. The molecule has 0 aliphatic carbocycles. The zero-order valence-electron chi connectivity index (χ0n) is 14.1. The van der Waals surface area contributed by atoms with Crippen molar-refractivity contribution in [3.63, 3.8) is 0 Å². The number of carbonyl (C=O) groups excluding carboxylic acids is 1.